The van der Waals surface area contributed by atoms with Crippen molar-refractivity contribution in [2.75, 3.05) is 26.7 Å². The Kier molecular flexibility index (Phi) is 18.9. The van der Waals surface area contributed by atoms with Gasteiger partial charge in [-0.2, -0.15) is 0 Å². The van der Waals surface area contributed by atoms with E-state index in [4.69, 9.17) is 5.73 Å². The molecule has 0 aliphatic heterocycles. The fraction of sp³-hybridized carbons (Fsp3) is 0.647. The Morgan fingerprint density at radius 3 is 2.19 bits per heavy atom. The largest absolute Gasteiger partial charge is 0.329 e. The third-order valence-electron chi connectivity index (χ3n) is 2.37. The zero-order valence-corrected chi connectivity index (χ0v) is 15.5. The zero-order chi connectivity index (χ0) is 16.5. The van der Waals surface area contributed by atoms with Crippen LogP contribution in [0.25, 0.3) is 0 Å². The van der Waals surface area contributed by atoms with Gasteiger partial charge in [0, 0.05) is 30.6 Å². The van der Waals surface area contributed by atoms with E-state index >= 15 is 0 Å². The number of nitrogens with two attached hydrogens (primary N) is 1. The van der Waals surface area contributed by atoms with Gasteiger partial charge in [-0.3, -0.25) is 0 Å². The average molecular weight is 314 g/mol. The maximum Gasteiger partial charge on any atom is 0.0299 e. The Morgan fingerprint density at radius 1 is 1.19 bits per heavy atom. The fourth-order valence-corrected chi connectivity index (χ4v) is 2.15. The molecule has 0 saturated carbocycles. The van der Waals surface area contributed by atoms with Crippen molar-refractivity contribution in [2.24, 2.45) is 5.73 Å². The van der Waals surface area contributed by atoms with Gasteiger partial charge in [0.15, 0.2) is 0 Å². The third-order valence-corrected chi connectivity index (χ3v) is 3.51. The summed E-state index contributed by atoms with van der Waals surface area (Å²) < 4.78 is 2.26. The van der Waals surface area contributed by atoms with E-state index < -0.39 is 0 Å². The Balaban J connectivity index is 0. The van der Waals surface area contributed by atoms with Crippen molar-refractivity contribution >= 4 is 11.9 Å². The molecule has 3 nitrogen and oxygen atoms in total. The number of nitrogens with one attached hydrogen (secondary N) is 1. The molecule has 1 unspecified atom stereocenters. The van der Waals surface area contributed by atoms with E-state index in [1.165, 1.54) is 11.3 Å². The molecule has 1 rings (SSSR count). The molecule has 0 heterocycles. The standard InChI is InChI=1S/C12H21N3S.C3H8.C2H6/c1-11(10-14-9-8-13)15(2)16-12-6-4-3-5-7-12;1-3-2;1-2/h3-7,11,14H,8-10,13H2,1-2H3;3H2,1-2H3;1-2H3. The summed E-state index contributed by atoms with van der Waals surface area (Å²) in [5, 5.41) is 3.32. The van der Waals surface area contributed by atoms with Crippen LogP contribution in [0.15, 0.2) is 35.2 Å². The van der Waals surface area contributed by atoms with E-state index in [9.17, 15) is 0 Å². The van der Waals surface area contributed by atoms with Gasteiger partial charge in [-0.05, 0) is 38.1 Å². The maximum absolute atomic E-state index is 5.43. The van der Waals surface area contributed by atoms with Crippen molar-refractivity contribution in [3.05, 3.63) is 30.3 Å². The van der Waals surface area contributed by atoms with Gasteiger partial charge in [0.1, 0.15) is 0 Å². The Labute approximate surface area is 136 Å². The molecule has 0 radical (unpaired) electrons. The molecule has 21 heavy (non-hydrogen) atoms. The average Bonchev–Trinajstić information content (AvgIpc) is 2.51. The molecule has 0 aromatic heterocycles. The van der Waals surface area contributed by atoms with Crippen LogP contribution in [0, 0.1) is 0 Å². The van der Waals surface area contributed by atoms with Crippen molar-refractivity contribution < 1.29 is 0 Å². The minimum absolute atomic E-state index is 0.483. The monoisotopic (exact) mass is 313 g/mol. The molecule has 4 heteroatoms. The van der Waals surface area contributed by atoms with E-state index in [2.05, 4.69) is 61.7 Å². The molecule has 3 N–H and O–H groups in total. The first-order valence-electron chi connectivity index (χ1n) is 8.02. The summed E-state index contributed by atoms with van der Waals surface area (Å²) >= 11 is 1.77. The van der Waals surface area contributed by atoms with Crippen molar-refractivity contribution in [1.82, 2.24) is 9.62 Å². The van der Waals surface area contributed by atoms with Crippen molar-refractivity contribution in [3.8, 4) is 0 Å². The first-order valence-corrected chi connectivity index (χ1v) is 8.79. The minimum atomic E-state index is 0.483. The van der Waals surface area contributed by atoms with E-state index in [-0.39, 0.29) is 0 Å². The van der Waals surface area contributed by atoms with Gasteiger partial charge >= 0.3 is 0 Å². The molecule has 1 aromatic carbocycles. The Bertz CT molecular complexity index is 293. The lowest BCUT2D eigenvalue weighted by molar-refractivity contribution is 0.413. The molecule has 0 aliphatic rings. The maximum atomic E-state index is 5.43. The Hall–Kier alpha value is -0.550. The lowest BCUT2D eigenvalue weighted by atomic mass is 10.3. The van der Waals surface area contributed by atoms with Crippen molar-refractivity contribution in [3.63, 3.8) is 0 Å². The van der Waals surface area contributed by atoms with Crippen molar-refractivity contribution in [1.29, 1.82) is 0 Å². The second-order valence-electron chi connectivity index (χ2n) is 4.50. The summed E-state index contributed by atoms with van der Waals surface area (Å²) in [6.07, 6.45) is 1.25. The minimum Gasteiger partial charge on any atom is -0.329 e. The highest BCUT2D eigenvalue weighted by Gasteiger charge is 2.09. The lowest BCUT2D eigenvalue weighted by Crippen LogP contribution is -2.36. The zero-order valence-electron chi connectivity index (χ0n) is 14.7. The van der Waals surface area contributed by atoms with Gasteiger partial charge in [-0.1, -0.05) is 52.3 Å². The molecule has 0 spiro atoms. The fourth-order valence-electron chi connectivity index (χ4n) is 1.28. The molecule has 1 aromatic rings. The van der Waals surface area contributed by atoms with E-state index in [0.717, 1.165) is 13.1 Å². The molecule has 1 atom stereocenters. The normalized spacial score (nSPS) is 11.0. The van der Waals surface area contributed by atoms with Crippen LogP contribution in [-0.2, 0) is 0 Å². The molecular formula is C17H35N3S. The highest BCUT2D eigenvalue weighted by atomic mass is 32.2. The van der Waals surface area contributed by atoms with Gasteiger partial charge in [0.05, 0.1) is 0 Å². The summed E-state index contributed by atoms with van der Waals surface area (Å²) in [6.45, 7) is 13.0. The van der Waals surface area contributed by atoms with Gasteiger partial charge in [0.2, 0.25) is 0 Å². The molecule has 0 saturated heterocycles. The highest BCUT2D eigenvalue weighted by molar-refractivity contribution is 7.97. The third kappa shape index (κ3) is 14.2. The number of hydrogen-bond donors (Lipinski definition) is 2. The summed E-state index contributed by atoms with van der Waals surface area (Å²) in [4.78, 5) is 1.27. The molecule has 0 bridgehead atoms. The van der Waals surface area contributed by atoms with Gasteiger partial charge in [-0.25, -0.2) is 4.31 Å². The molecule has 124 valence electrons. The number of benzene rings is 1. The summed E-state index contributed by atoms with van der Waals surface area (Å²) in [7, 11) is 2.12. The number of likely N-dealkylation sites (N-methyl/N-ethyl adjacent to an activating group) is 1. The Morgan fingerprint density at radius 2 is 1.71 bits per heavy atom. The highest BCUT2D eigenvalue weighted by Crippen LogP contribution is 2.22. The lowest BCUT2D eigenvalue weighted by Gasteiger charge is -2.23. The van der Waals surface area contributed by atoms with Crippen LogP contribution in [0.3, 0.4) is 0 Å². The number of nitrogens with zero attached hydrogens (tertiary/aromatic N) is 1. The van der Waals surface area contributed by atoms with Crippen LogP contribution >= 0.6 is 11.9 Å². The predicted octanol–water partition coefficient (Wildman–Crippen LogP) is 4.00. The van der Waals surface area contributed by atoms with Gasteiger partial charge in [0.25, 0.3) is 0 Å². The first kappa shape index (κ1) is 22.7. The van der Waals surface area contributed by atoms with Crippen LogP contribution in [0.5, 0.6) is 0 Å². The van der Waals surface area contributed by atoms with Crippen LogP contribution in [0.4, 0.5) is 0 Å². The van der Waals surface area contributed by atoms with Crippen LogP contribution in [0.1, 0.15) is 41.0 Å². The number of hydrogen-bond acceptors (Lipinski definition) is 4. The molecular weight excluding hydrogens is 278 g/mol. The smallest absolute Gasteiger partial charge is 0.0299 e. The molecule has 0 fully saturated rings. The SMILES string of the molecule is CC.CC(CNCCN)N(C)Sc1ccccc1.CCC. The second kappa shape index (κ2) is 17.5. The second-order valence-corrected chi connectivity index (χ2v) is 5.73. The molecule has 0 aliphatic carbocycles. The van der Waals surface area contributed by atoms with Crippen LogP contribution in [-0.4, -0.2) is 37.0 Å². The predicted molar refractivity (Wildman–Crippen MR) is 98.8 cm³/mol. The van der Waals surface area contributed by atoms with Crippen LogP contribution in [0.2, 0.25) is 0 Å². The summed E-state index contributed by atoms with van der Waals surface area (Å²) in [5.74, 6) is 0. The van der Waals surface area contributed by atoms with Crippen molar-refractivity contribution in [2.45, 2.75) is 52.0 Å². The van der Waals surface area contributed by atoms with E-state index in [1.807, 2.05) is 19.9 Å². The van der Waals surface area contributed by atoms with Gasteiger partial charge < -0.3 is 11.1 Å². The van der Waals surface area contributed by atoms with E-state index in [0.29, 0.717) is 12.6 Å². The number of rotatable bonds is 7. The quantitative estimate of drug-likeness (QED) is 0.589. The van der Waals surface area contributed by atoms with Gasteiger partial charge in [-0.15, -0.1) is 0 Å². The topological polar surface area (TPSA) is 41.3 Å². The first-order chi connectivity index (χ1) is 10.2. The molecule has 0 amide bonds. The van der Waals surface area contributed by atoms with E-state index in [1.54, 1.807) is 11.9 Å². The summed E-state index contributed by atoms with van der Waals surface area (Å²) in [5.41, 5.74) is 5.43. The van der Waals surface area contributed by atoms with Crippen LogP contribution < -0.4 is 11.1 Å². The summed E-state index contributed by atoms with van der Waals surface area (Å²) in [6, 6.07) is 10.9.